The van der Waals surface area contributed by atoms with Crippen molar-refractivity contribution in [2.45, 2.75) is 51.2 Å². The van der Waals surface area contributed by atoms with E-state index in [0.717, 1.165) is 17.0 Å². The van der Waals surface area contributed by atoms with Crippen molar-refractivity contribution in [2.75, 3.05) is 19.0 Å². The first-order valence-corrected chi connectivity index (χ1v) is 12.9. The second kappa shape index (κ2) is 9.97. The maximum Gasteiger partial charge on any atom is 0.273 e. The highest BCUT2D eigenvalue weighted by Gasteiger charge is 2.48. The first kappa shape index (κ1) is 25.9. The van der Waals surface area contributed by atoms with Crippen LogP contribution in [0.25, 0.3) is 17.0 Å². The van der Waals surface area contributed by atoms with E-state index >= 15 is 0 Å². The third-order valence-electron chi connectivity index (χ3n) is 7.18. The number of alkyl halides is 2. The largest absolute Gasteiger partial charge is 0.383 e. The SMILES string of the molecule is COCCn1nc(C2=CN3C(C(=O)Nc4cc(-c5noc(C6CC(F)(F)C6)n5)ccc4C)=CNC3C=C2)nc1C. The number of aromatic nitrogens is 5. The highest BCUT2D eigenvalue weighted by Crippen LogP contribution is 2.48. The number of allylic oxidation sites excluding steroid dienone is 2. The Labute approximate surface area is 228 Å². The van der Waals surface area contributed by atoms with Gasteiger partial charge in [0, 0.05) is 55.1 Å². The van der Waals surface area contributed by atoms with Crippen molar-refractivity contribution in [1.29, 1.82) is 0 Å². The molecular formula is C27H28F2N8O3. The number of carbonyl (C=O) groups excluding carboxylic acids is 1. The van der Waals surface area contributed by atoms with Gasteiger partial charge in [-0.05, 0) is 37.6 Å². The van der Waals surface area contributed by atoms with E-state index < -0.39 is 11.8 Å². The fourth-order valence-corrected chi connectivity index (χ4v) is 4.84. The molecule has 1 atom stereocenters. The molecule has 2 aromatic heterocycles. The Kier molecular flexibility index (Phi) is 6.45. The van der Waals surface area contributed by atoms with Crippen LogP contribution in [0.2, 0.25) is 0 Å². The minimum absolute atomic E-state index is 0.203. The van der Waals surface area contributed by atoms with Crippen molar-refractivity contribution >= 4 is 17.2 Å². The number of nitrogens with zero attached hydrogens (tertiary/aromatic N) is 6. The summed E-state index contributed by atoms with van der Waals surface area (Å²) in [4.78, 5) is 24.1. The highest BCUT2D eigenvalue weighted by molar-refractivity contribution is 6.04. The van der Waals surface area contributed by atoms with E-state index in [9.17, 15) is 13.6 Å². The zero-order valence-electron chi connectivity index (χ0n) is 22.2. The molecule has 1 amide bonds. The number of ether oxygens (including phenoxy) is 1. The summed E-state index contributed by atoms with van der Waals surface area (Å²) in [6, 6.07) is 5.37. The Hall–Kier alpha value is -4.39. The van der Waals surface area contributed by atoms with E-state index in [1.54, 1.807) is 30.1 Å². The molecule has 1 fully saturated rings. The van der Waals surface area contributed by atoms with Gasteiger partial charge < -0.3 is 24.8 Å². The fourth-order valence-electron chi connectivity index (χ4n) is 4.84. The Morgan fingerprint density at radius 2 is 2.08 bits per heavy atom. The minimum atomic E-state index is -2.68. The molecule has 1 aromatic carbocycles. The number of fused-ring (bicyclic) bond motifs is 1. The van der Waals surface area contributed by atoms with Crippen LogP contribution in [0.4, 0.5) is 14.5 Å². The van der Waals surface area contributed by atoms with Gasteiger partial charge >= 0.3 is 0 Å². The maximum absolute atomic E-state index is 13.4. The lowest BCUT2D eigenvalue weighted by molar-refractivity contribution is -0.114. The topological polar surface area (TPSA) is 123 Å². The summed E-state index contributed by atoms with van der Waals surface area (Å²) in [6.45, 7) is 4.87. The summed E-state index contributed by atoms with van der Waals surface area (Å²) >= 11 is 0. The summed E-state index contributed by atoms with van der Waals surface area (Å²) in [5, 5.41) is 14.7. The van der Waals surface area contributed by atoms with Gasteiger partial charge in [0.1, 0.15) is 17.7 Å². The van der Waals surface area contributed by atoms with E-state index in [-0.39, 0.29) is 36.6 Å². The molecule has 6 rings (SSSR count). The van der Waals surface area contributed by atoms with Gasteiger partial charge in [-0.25, -0.2) is 18.4 Å². The minimum Gasteiger partial charge on any atom is -0.383 e. The number of carbonyl (C=O) groups is 1. The van der Waals surface area contributed by atoms with Crippen molar-refractivity contribution in [3.63, 3.8) is 0 Å². The number of hydrogen-bond acceptors (Lipinski definition) is 9. The maximum atomic E-state index is 13.4. The van der Waals surface area contributed by atoms with Crippen molar-refractivity contribution in [2.24, 2.45) is 0 Å². The molecule has 2 N–H and O–H groups in total. The Bertz CT molecular complexity index is 1550. The Morgan fingerprint density at radius 3 is 2.85 bits per heavy atom. The fraction of sp³-hybridized carbons (Fsp3) is 0.370. The van der Waals surface area contributed by atoms with Gasteiger partial charge in [-0.3, -0.25) is 4.79 Å². The van der Waals surface area contributed by atoms with Gasteiger partial charge in [-0.2, -0.15) is 10.1 Å². The van der Waals surface area contributed by atoms with Gasteiger partial charge in [-0.15, -0.1) is 0 Å². The number of nitrogens with one attached hydrogen (secondary N) is 2. The molecule has 11 nitrogen and oxygen atoms in total. The van der Waals surface area contributed by atoms with Crippen LogP contribution in [0.5, 0.6) is 0 Å². The number of aryl methyl sites for hydroxylation is 2. The lowest BCUT2D eigenvalue weighted by atomic mass is 9.81. The van der Waals surface area contributed by atoms with Gasteiger partial charge in [-0.1, -0.05) is 17.3 Å². The molecule has 1 aliphatic carbocycles. The number of rotatable bonds is 8. The van der Waals surface area contributed by atoms with E-state index in [1.807, 2.05) is 43.2 Å². The third kappa shape index (κ3) is 4.88. The van der Waals surface area contributed by atoms with Gasteiger partial charge in [0.15, 0.2) is 5.82 Å². The molecule has 3 aliphatic rings. The van der Waals surface area contributed by atoms with Crippen molar-refractivity contribution < 1.29 is 22.8 Å². The average Bonchev–Trinajstić information content (AvgIpc) is 3.65. The first-order valence-electron chi connectivity index (χ1n) is 12.9. The van der Waals surface area contributed by atoms with Crippen LogP contribution in [-0.2, 0) is 16.1 Å². The van der Waals surface area contributed by atoms with E-state index in [0.29, 0.717) is 35.9 Å². The third-order valence-corrected chi connectivity index (χ3v) is 7.18. The molecule has 208 valence electrons. The Balaban J connectivity index is 1.18. The monoisotopic (exact) mass is 550 g/mol. The average molecular weight is 551 g/mol. The lowest BCUT2D eigenvalue weighted by Gasteiger charge is -2.31. The molecule has 1 unspecified atom stereocenters. The van der Waals surface area contributed by atoms with E-state index in [1.165, 1.54) is 0 Å². The van der Waals surface area contributed by atoms with Crippen LogP contribution in [0, 0.1) is 13.8 Å². The van der Waals surface area contributed by atoms with E-state index in [4.69, 9.17) is 9.26 Å². The molecule has 0 saturated heterocycles. The summed E-state index contributed by atoms with van der Waals surface area (Å²) in [5.74, 6) is -1.62. The van der Waals surface area contributed by atoms with Crippen LogP contribution in [-0.4, -0.2) is 61.5 Å². The van der Waals surface area contributed by atoms with Gasteiger partial charge in [0.05, 0.1) is 13.2 Å². The number of hydrogen-bond donors (Lipinski definition) is 2. The van der Waals surface area contributed by atoms with Crippen LogP contribution >= 0.6 is 0 Å². The number of anilines is 1. The van der Waals surface area contributed by atoms with Crippen molar-refractivity contribution in [3.8, 4) is 11.4 Å². The predicted octanol–water partition coefficient (Wildman–Crippen LogP) is 3.73. The zero-order valence-corrected chi connectivity index (χ0v) is 22.2. The first-order chi connectivity index (χ1) is 19.2. The molecule has 40 heavy (non-hydrogen) atoms. The van der Waals surface area contributed by atoms with Crippen molar-refractivity contribution in [1.82, 2.24) is 35.1 Å². The summed E-state index contributed by atoms with van der Waals surface area (Å²) in [7, 11) is 1.64. The molecule has 4 heterocycles. The smallest absolute Gasteiger partial charge is 0.273 e. The summed E-state index contributed by atoms with van der Waals surface area (Å²) in [6.07, 6.45) is 6.58. The summed E-state index contributed by atoms with van der Waals surface area (Å²) < 4.78 is 38.7. The van der Waals surface area contributed by atoms with Crippen LogP contribution < -0.4 is 10.6 Å². The Morgan fingerprint density at radius 1 is 1.25 bits per heavy atom. The van der Waals surface area contributed by atoms with Crippen LogP contribution in [0.1, 0.15) is 41.9 Å². The number of benzene rings is 1. The second-order valence-electron chi connectivity index (χ2n) is 10.1. The molecular weight excluding hydrogens is 522 g/mol. The number of halogens is 2. The molecule has 13 heteroatoms. The normalized spacial score (nSPS) is 19.5. The molecule has 0 radical (unpaired) electrons. The number of methoxy groups -OCH3 is 1. The van der Waals surface area contributed by atoms with Crippen LogP contribution in [0.15, 0.2) is 53.0 Å². The standard InChI is InChI=1S/C27H28F2N8O3/c1-15-4-5-17(24-33-26(40-35-24)19-11-27(28,29)12-19)10-20(15)32-25(38)21-13-30-22-7-6-18(14-36(21)22)23-31-16(2)37(34-23)8-9-39-3/h4-7,10,13-14,19,22,30H,8-9,11-12H2,1-3H3,(H,32,38). The van der Waals surface area contributed by atoms with Gasteiger partial charge in [0.2, 0.25) is 17.6 Å². The van der Waals surface area contributed by atoms with Crippen molar-refractivity contribution in [3.05, 3.63) is 71.6 Å². The second-order valence-corrected chi connectivity index (χ2v) is 10.1. The van der Waals surface area contributed by atoms with Crippen LogP contribution in [0.3, 0.4) is 0 Å². The zero-order chi connectivity index (χ0) is 28.0. The van der Waals surface area contributed by atoms with Gasteiger partial charge in [0.25, 0.3) is 5.91 Å². The van der Waals surface area contributed by atoms with E-state index in [2.05, 4.69) is 30.9 Å². The molecule has 3 aromatic rings. The predicted molar refractivity (Wildman–Crippen MR) is 141 cm³/mol. The molecule has 1 saturated carbocycles. The highest BCUT2D eigenvalue weighted by atomic mass is 19.3. The molecule has 2 aliphatic heterocycles. The molecule has 0 spiro atoms. The lowest BCUT2D eigenvalue weighted by Crippen LogP contribution is -2.36. The molecule has 0 bridgehead atoms. The quantitative estimate of drug-likeness (QED) is 0.432. The summed E-state index contributed by atoms with van der Waals surface area (Å²) in [5.41, 5.74) is 3.19. The number of amides is 1.